The Morgan fingerprint density at radius 1 is 0.198 bits per heavy atom. The van der Waals surface area contributed by atoms with Gasteiger partial charge >= 0.3 is 0 Å². The molecule has 0 bridgehead atoms. The lowest BCUT2D eigenvalue weighted by Gasteiger charge is -2.45. The molecule has 0 N–H and O–H groups in total. The molecule has 126 heavy (non-hydrogen) atoms. The molecule has 0 radical (unpaired) electrons. The Bertz CT molecular complexity index is 6910. The van der Waals surface area contributed by atoms with E-state index in [0.717, 1.165) is 186 Å². The van der Waals surface area contributed by atoms with Gasteiger partial charge < -0.3 is 43.4 Å². The first kappa shape index (κ1) is 79.8. The minimum absolute atomic E-state index is 0.187. The summed E-state index contributed by atoms with van der Waals surface area (Å²) >= 11 is 0. The lowest BCUT2D eigenvalue weighted by atomic mass is 9.29. The summed E-state index contributed by atoms with van der Waals surface area (Å²) in [6, 6.07) is 93.5. The summed E-state index contributed by atoms with van der Waals surface area (Å²) in [6.45, 7) is 48.2. The molecule has 15 aromatic carbocycles. The fourth-order valence-electron chi connectivity index (χ4n) is 21.8. The maximum Gasteiger partial charge on any atom is 0.260 e. The fraction of sp³-hybridized carbons (Fsp3) is 0.211. The first-order valence-electron chi connectivity index (χ1n) is 44.7. The zero-order valence-electron chi connectivity index (χ0n) is 76.7. The number of hydrogen-bond acceptors (Lipinski definition) is 9. The lowest BCUT2D eigenvalue weighted by Crippen LogP contribution is -2.65. The van der Waals surface area contributed by atoms with Crippen LogP contribution in [-0.4, -0.2) is 20.1 Å². The zero-order chi connectivity index (χ0) is 87.6. The predicted octanol–water partition coefficient (Wildman–Crippen LogP) is 25.2. The van der Waals surface area contributed by atoms with Gasteiger partial charge in [0.25, 0.3) is 20.1 Å². The highest BCUT2D eigenvalue weighted by atomic mass is 16.5. The summed E-state index contributed by atoms with van der Waals surface area (Å²) in [5, 5.41) is 0. The number of hydrogen-bond donors (Lipinski definition) is 0. The van der Waals surface area contributed by atoms with E-state index in [1.165, 1.54) is 94.5 Å². The third-order valence-electron chi connectivity index (χ3n) is 26.4. The second kappa shape index (κ2) is 29.1. The van der Waals surface area contributed by atoms with Gasteiger partial charge in [0.1, 0.15) is 46.0 Å². The van der Waals surface area contributed by atoms with Crippen LogP contribution in [0.15, 0.2) is 243 Å². The van der Waals surface area contributed by atoms with Crippen molar-refractivity contribution < 1.29 is 18.9 Å². The monoisotopic (exact) mass is 1640 g/mol. The van der Waals surface area contributed by atoms with Crippen molar-refractivity contribution in [3.63, 3.8) is 0 Å². The van der Waals surface area contributed by atoms with Crippen molar-refractivity contribution >= 4 is 155 Å². The molecule has 21 rings (SSSR count). The van der Waals surface area contributed by atoms with E-state index in [1.807, 2.05) is 0 Å². The van der Waals surface area contributed by atoms with Gasteiger partial charge in [0, 0.05) is 104 Å². The average molecular weight is 1640 g/mol. The molecule has 9 nitrogen and oxygen atoms in total. The van der Waals surface area contributed by atoms with Crippen molar-refractivity contribution in [1.82, 2.24) is 0 Å². The molecule has 12 heteroatoms. The molecule has 0 fully saturated rings. The van der Waals surface area contributed by atoms with Crippen LogP contribution < -0.4 is 92.6 Å². The van der Waals surface area contributed by atoms with Gasteiger partial charge in [0.15, 0.2) is 0 Å². The van der Waals surface area contributed by atoms with Crippen LogP contribution in [0.4, 0.5) is 85.3 Å². The van der Waals surface area contributed by atoms with Gasteiger partial charge in [0.05, 0.1) is 17.1 Å². The molecular weight excluding hydrogens is 1540 g/mol. The van der Waals surface area contributed by atoms with Gasteiger partial charge in [-0.05, 0) is 393 Å². The fourth-order valence-corrected chi connectivity index (χ4v) is 21.8. The normalized spacial score (nSPS) is 13.3. The Morgan fingerprint density at radius 2 is 0.429 bits per heavy atom. The SMILES string of the molecule is Cc1cc(C)cc(N(c2cc(C)cc(C)c2)c2cc3c4c(c2)Oc2cc5c(cc2B4c2cc(C(C)(C)C)ccc2O3)B2c3cc4c(cc3N(c3cc(C)cc(C)c3)c3cc(N(c6cc(C)cc(C)c6)c6cc(C)cc(C)c6)cc(c32)O5)N(c2cc(C)cc(C)c2)c2cc(N(c3cc(C)cc(C)c3)c3cc(C)cc(C)c3)cc3c2B4c2cc(C(C)(C)C)ccc2O3)c1. The Morgan fingerprint density at radius 3 is 0.714 bits per heavy atom. The molecule has 0 unspecified atom stereocenters. The number of nitrogens with zero attached hydrogens (tertiary/aromatic N) is 5. The molecule has 0 aliphatic carbocycles. The Hall–Kier alpha value is -13.3. The van der Waals surface area contributed by atoms with Crippen LogP contribution >= 0.6 is 0 Å². The van der Waals surface area contributed by atoms with E-state index in [1.54, 1.807) is 0 Å². The number of anilines is 15. The van der Waals surface area contributed by atoms with Crippen LogP contribution in [-0.2, 0) is 10.8 Å². The van der Waals surface area contributed by atoms with Crippen LogP contribution in [0.2, 0.25) is 0 Å². The second-order valence-corrected chi connectivity index (χ2v) is 39.7. The third-order valence-corrected chi connectivity index (χ3v) is 26.4. The molecule has 0 aromatic heterocycles. The third kappa shape index (κ3) is 13.6. The number of ether oxygens (including phenoxy) is 4. The summed E-state index contributed by atoms with van der Waals surface area (Å²) in [5.74, 6) is 6.19. The van der Waals surface area contributed by atoms with Crippen LogP contribution in [0.3, 0.4) is 0 Å². The van der Waals surface area contributed by atoms with E-state index in [9.17, 15) is 0 Å². The maximum atomic E-state index is 8.09. The molecule has 6 aliphatic rings. The van der Waals surface area contributed by atoms with E-state index < -0.39 is 6.71 Å². The van der Waals surface area contributed by atoms with Crippen molar-refractivity contribution in [1.29, 1.82) is 0 Å². The summed E-state index contributed by atoms with van der Waals surface area (Å²) in [6.07, 6.45) is 0. The summed E-state index contributed by atoms with van der Waals surface area (Å²) in [4.78, 5) is 12.5. The predicted molar refractivity (Wildman–Crippen MR) is 533 cm³/mol. The van der Waals surface area contributed by atoms with Gasteiger partial charge in [-0.2, -0.15) is 0 Å². The molecule has 0 saturated heterocycles. The molecular formula is C114H106B3N5O4. The first-order chi connectivity index (χ1) is 60.1. The summed E-state index contributed by atoms with van der Waals surface area (Å²) < 4.78 is 31.1. The number of benzene rings is 15. The minimum Gasteiger partial charge on any atom is -0.458 e. The van der Waals surface area contributed by atoms with E-state index in [4.69, 9.17) is 18.9 Å². The standard InChI is InChI=1S/C114H106B3N5O4/c1-63-27-64(2)36-81(35-63)118(82-37-65(3)28-66(4)38-82)89-53-100-110-106(55-89)123-102-25-23-79(113(17,18)19)51-94(102)115(110)92-59-93-99(61-98(92)121(100)87-47-75(13)33-76(14)48-87)122(88-49-77(15)34-78(16)50-88)101-54-90(119(83-39-67(5)29-68(6)40-83)84-41-69(7)30-70(8)42-84)56-107-111(101)116(93)96-60-97-105(62-104(96)125-107)126-109-58-91(57-108-112(109)117(97)95-52-80(114(20,21)22)24-26-103(95)124-108)120(85-43-71(9)31-72(10)44-85)86-45-73(11)32-74(12)46-86/h23-62H,1-22H3. The quantitative estimate of drug-likeness (QED) is 0.118. The topological polar surface area (TPSA) is 53.1 Å². The van der Waals surface area contributed by atoms with Gasteiger partial charge in [-0.1, -0.05) is 126 Å². The van der Waals surface area contributed by atoms with E-state index >= 15 is 0 Å². The molecule has 15 aromatic rings. The van der Waals surface area contributed by atoms with Gasteiger partial charge in [-0.15, -0.1) is 0 Å². The molecule has 0 amide bonds. The number of rotatable bonds is 11. The van der Waals surface area contributed by atoms with Crippen molar-refractivity contribution in [2.45, 2.75) is 163 Å². The van der Waals surface area contributed by atoms with Crippen molar-refractivity contribution in [2.24, 2.45) is 0 Å². The number of aryl methyl sites for hydroxylation is 16. The second-order valence-electron chi connectivity index (χ2n) is 39.7. The molecule has 0 atom stereocenters. The van der Waals surface area contributed by atoms with Crippen LogP contribution in [0.25, 0.3) is 0 Å². The van der Waals surface area contributed by atoms with Crippen LogP contribution in [0.1, 0.15) is 142 Å². The van der Waals surface area contributed by atoms with Crippen molar-refractivity contribution in [2.75, 3.05) is 24.5 Å². The highest BCUT2D eigenvalue weighted by Gasteiger charge is 2.51. The van der Waals surface area contributed by atoms with Crippen LogP contribution in [0, 0.1) is 111 Å². The van der Waals surface area contributed by atoms with Crippen LogP contribution in [0.5, 0.6) is 46.0 Å². The van der Waals surface area contributed by atoms with Gasteiger partial charge in [-0.3, -0.25) is 0 Å². The van der Waals surface area contributed by atoms with Gasteiger partial charge in [-0.25, -0.2) is 0 Å². The Balaban J connectivity index is 0.877. The molecule has 620 valence electrons. The Kier molecular flexibility index (Phi) is 18.5. The largest absolute Gasteiger partial charge is 0.458 e. The minimum atomic E-state index is -0.425. The smallest absolute Gasteiger partial charge is 0.260 e. The highest BCUT2D eigenvalue weighted by molar-refractivity contribution is 7.03. The molecule has 0 spiro atoms. The Labute approximate surface area is 745 Å². The number of fused-ring (bicyclic) bond motifs is 12. The van der Waals surface area contributed by atoms with Crippen molar-refractivity contribution in [3.8, 4) is 46.0 Å². The lowest BCUT2D eigenvalue weighted by molar-refractivity contribution is 0.456. The molecule has 0 saturated carbocycles. The van der Waals surface area contributed by atoms with E-state index in [-0.39, 0.29) is 24.3 Å². The maximum absolute atomic E-state index is 8.09. The van der Waals surface area contributed by atoms with E-state index in [2.05, 4.69) is 419 Å². The first-order valence-corrected chi connectivity index (χ1v) is 44.7. The molecule has 6 heterocycles. The van der Waals surface area contributed by atoms with Crippen molar-refractivity contribution in [3.05, 3.63) is 343 Å². The molecule has 6 aliphatic heterocycles. The highest BCUT2D eigenvalue weighted by Crippen LogP contribution is 2.54. The van der Waals surface area contributed by atoms with E-state index in [0.29, 0.717) is 0 Å². The summed E-state index contributed by atoms with van der Waals surface area (Å²) in [7, 11) is 0. The zero-order valence-corrected chi connectivity index (χ0v) is 76.7. The summed E-state index contributed by atoms with van der Waals surface area (Å²) in [5.41, 5.74) is 46.3. The van der Waals surface area contributed by atoms with Gasteiger partial charge in [0.2, 0.25) is 0 Å². The average Bonchev–Trinajstić information content (AvgIpc) is 0.683.